The number of anilines is 1. The molecule has 6 heteroatoms. The molecule has 14 heavy (non-hydrogen) atoms. The summed E-state index contributed by atoms with van der Waals surface area (Å²) in [5.41, 5.74) is 4.66. The van der Waals surface area contributed by atoms with Crippen LogP contribution in [0.2, 0.25) is 0 Å². The standard InChI is InChI=1S/C8H13N3O2S/c1-14-4-2-3-11-6(9)5-7(12)10-8(11)13/h5H,2-4,9H2,1H3,(H,10,12,13). The Morgan fingerprint density at radius 3 is 2.86 bits per heavy atom. The highest BCUT2D eigenvalue weighted by atomic mass is 32.2. The summed E-state index contributed by atoms with van der Waals surface area (Å²) in [5, 5.41) is 0. The second-order valence-electron chi connectivity index (χ2n) is 2.86. The van der Waals surface area contributed by atoms with Crippen molar-refractivity contribution in [2.24, 2.45) is 0 Å². The fourth-order valence-corrected chi connectivity index (χ4v) is 1.55. The van der Waals surface area contributed by atoms with Crippen molar-refractivity contribution in [1.82, 2.24) is 9.55 Å². The van der Waals surface area contributed by atoms with Crippen LogP contribution < -0.4 is 17.0 Å². The van der Waals surface area contributed by atoms with Crippen molar-refractivity contribution in [1.29, 1.82) is 0 Å². The van der Waals surface area contributed by atoms with Gasteiger partial charge in [-0.05, 0) is 18.4 Å². The predicted molar refractivity (Wildman–Crippen MR) is 58.7 cm³/mol. The molecule has 1 rings (SSSR count). The van der Waals surface area contributed by atoms with Crippen LogP contribution in [0.1, 0.15) is 6.42 Å². The lowest BCUT2D eigenvalue weighted by atomic mass is 10.4. The maximum absolute atomic E-state index is 11.3. The Bertz CT molecular complexity index is 410. The summed E-state index contributed by atoms with van der Waals surface area (Å²) in [4.78, 5) is 24.3. The van der Waals surface area contributed by atoms with Crippen LogP contribution in [0.5, 0.6) is 0 Å². The Labute approximate surface area is 85.3 Å². The van der Waals surface area contributed by atoms with E-state index >= 15 is 0 Å². The van der Waals surface area contributed by atoms with Crippen molar-refractivity contribution in [3.05, 3.63) is 26.9 Å². The number of aromatic amines is 1. The SMILES string of the molecule is CSCCCn1c(N)cc(=O)[nH]c1=O. The first-order chi connectivity index (χ1) is 6.65. The lowest BCUT2D eigenvalue weighted by Gasteiger charge is -2.06. The number of nitrogens with two attached hydrogens (primary N) is 1. The second kappa shape index (κ2) is 4.90. The van der Waals surface area contributed by atoms with Crippen molar-refractivity contribution in [3.63, 3.8) is 0 Å². The number of nitrogens with zero attached hydrogens (tertiary/aromatic N) is 1. The molecule has 3 N–H and O–H groups in total. The van der Waals surface area contributed by atoms with Gasteiger partial charge in [0.25, 0.3) is 5.56 Å². The number of nitrogens with one attached hydrogen (secondary N) is 1. The third-order valence-corrected chi connectivity index (χ3v) is 2.49. The molecule has 0 atom stereocenters. The number of rotatable bonds is 4. The van der Waals surface area contributed by atoms with Gasteiger partial charge in [-0.2, -0.15) is 11.8 Å². The molecule has 0 unspecified atom stereocenters. The molecule has 1 aromatic rings. The summed E-state index contributed by atoms with van der Waals surface area (Å²) in [6.07, 6.45) is 2.86. The van der Waals surface area contributed by atoms with Crippen molar-refractivity contribution in [3.8, 4) is 0 Å². The zero-order chi connectivity index (χ0) is 10.6. The molecule has 78 valence electrons. The van der Waals surface area contributed by atoms with E-state index in [0.717, 1.165) is 12.2 Å². The number of nitrogen functional groups attached to an aromatic ring is 1. The van der Waals surface area contributed by atoms with E-state index in [1.165, 1.54) is 10.6 Å². The van der Waals surface area contributed by atoms with Gasteiger partial charge in [-0.3, -0.25) is 14.3 Å². The topological polar surface area (TPSA) is 80.9 Å². The minimum absolute atomic E-state index is 0.222. The highest BCUT2D eigenvalue weighted by Crippen LogP contribution is 1.99. The molecule has 0 bridgehead atoms. The van der Waals surface area contributed by atoms with Crippen molar-refractivity contribution < 1.29 is 0 Å². The summed E-state index contributed by atoms with van der Waals surface area (Å²) in [6.45, 7) is 0.544. The van der Waals surface area contributed by atoms with Gasteiger partial charge >= 0.3 is 5.69 Å². The van der Waals surface area contributed by atoms with E-state index < -0.39 is 11.2 Å². The van der Waals surface area contributed by atoms with Crippen LogP contribution in [-0.2, 0) is 6.54 Å². The van der Waals surface area contributed by atoms with E-state index in [-0.39, 0.29) is 5.82 Å². The van der Waals surface area contributed by atoms with Gasteiger partial charge in [0.05, 0.1) is 0 Å². The molecule has 0 aromatic carbocycles. The summed E-state index contributed by atoms with van der Waals surface area (Å²) >= 11 is 1.71. The maximum atomic E-state index is 11.3. The van der Waals surface area contributed by atoms with Gasteiger partial charge in [-0.1, -0.05) is 0 Å². The Balaban J connectivity index is 2.86. The van der Waals surface area contributed by atoms with Crippen LogP contribution in [0.25, 0.3) is 0 Å². The molecule has 0 amide bonds. The van der Waals surface area contributed by atoms with Gasteiger partial charge in [-0.15, -0.1) is 0 Å². The molecule has 0 saturated heterocycles. The van der Waals surface area contributed by atoms with Gasteiger partial charge in [0.15, 0.2) is 0 Å². The number of hydrogen-bond donors (Lipinski definition) is 2. The van der Waals surface area contributed by atoms with E-state index in [1.807, 2.05) is 6.26 Å². The molecular weight excluding hydrogens is 202 g/mol. The van der Waals surface area contributed by atoms with Crippen LogP contribution in [-0.4, -0.2) is 21.6 Å². The molecule has 0 saturated carbocycles. The van der Waals surface area contributed by atoms with Gasteiger partial charge in [0.2, 0.25) is 0 Å². The zero-order valence-corrected chi connectivity index (χ0v) is 8.76. The van der Waals surface area contributed by atoms with Crippen LogP contribution in [0.3, 0.4) is 0 Å². The van der Waals surface area contributed by atoms with E-state index in [4.69, 9.17) is 5.73 Å². The lowest BCUT2D eigenvalue weighted by molar-refractivity contribution is 0.646. The monoisotopic (exact) mass is 215 g/mol. The Morgan fingerprint density at radius 2 is 2.29 bits per heavy atom. The van der Waals surface area contributed by atoms with E-state index in [1.54, 1.807) is 11.8 Å². The first kappa shape index (κ1) is 10.9. The fraction of sp³-hybridized carbons (Fsp3) is 0.500. The molecular formula is C8H13N3O2S. The summed E-state index contributed by atoms with van der Waals surface area (Å²) in [5.74, 6) is 1.19. The quantitative estimate of drug-likeness (QED) is 0.686. The zero-order valence-electron chi connectivity index (χ0n) is 7.95. The van der Waals surface area contributed by atoms with Crippen molar-refractivity contribution in [2.75, 3.05) is 17.7 Å². The summed E-state index contributed by atoms with van der Waals surface area (Å²) in [6, 6.07) is 1.22. The third-order valence-electron chi connectivity index (χ3n) is 1.80. The Morgan fingerprint density at radius 1 is 1.57 bits per heavy atom. The second-order valence-corrected chi connectivity index (χ2v) is 3.85. The van der Waals surface area contributed by atoms with E-state index in [0.29, 0.717) is 6.54 Å². The molecule has 0 aliphatic rings. The van der Waals surface area contributed by atoms with Crippen LogP contribution in [0.15, 0.2) is 15.7 Å². The summed E-state index contributed by atoms with van der Waals surface area (Å²) in [7, 11) is 0. The highest BCUT2D eigenvalue weighted by molar-refractivity contribution is 7.98. The van der Waals surface area contributed by atoms with Gasteiger partial charge in [-0.25, -0.2) is 4.79 Å². The minimum atomic E-state index is -0.450. The average Bonchev–Trinajstić information content (AvgIpc) is 2.09. The number of aromatic nitrogens is 2. The first-order valence-electron chi connectivity index (χ1n) is 4.23. The lowest BCUT2D eigenvalue weighted by Crippen LogP contribution is -2.31. The average molecular weight is 215 g/mol. The van der Waals surface area contributed by atoms with Crippen molar-refractivity contribution in [2.45, 2.75) is 13.0 Å². The van der Waals surface area contributed by atoms with Gasteiger partial charge in [0, 0.05) is 12.6 Å². The smallest absolute Gasteiger partial charge is 0.329 e. The maximum Gasteiger partial charge on any atom is 0.329 e. The molecule has 0 aliphatic carbocycles. The normalized spacial score (nSPS) is 10.4. The molecule has 0 fully saturated rings. The number of thioether (sulfide) groups is 1. The summed E-state index contributed by atoms with van der Waals surface area (Å²) < 4.78 is 1.37. The molecule has 0 radical (unpaired) electrons. The van der Waals surface area contributed by atoms with Crippen LogP contribution >= 0.6 is 11.8 Å². The highest BCUT2D eigenvalue weighted by Gasteiger charge is 2.01. The van der Waals surface area contributed by atoms with Gasteiger partial charge < -0.3 is 5.73 Å². The predicted octanol–water partition coefficient (Wildman–Crippen LogP) is -0.128. The van der Waals surface area contributed by atoms with E-state index in [2.05, 4.69) is 4.98 Å². The first-order valence-corrected chi connectivity index (χ1v) is 5.63. The Kier molecular flexibility index (Phi) is 3.82. The van der Waals surface area contributed by atoms with Crippen LogP contribution in [0, 0.1) is 0 Å². The number of hydrogen-bond acceptors (Lipinski definition) is 4. The third kappa shape index (κ3) is 2.66. The minimum Gasteiger partial charge on any atom is -0.385 e. The fourth-order valence-electron chi connectivity index (χ4n) is 1.14. The number of H-pyrrole nitrogens is 1. The van der Waals surface area contributed by atoms with E-state index in [9.17, 15) is 9.59 Å². The van der Waals surface area contributed by atoms with Crippen LogP contribution in [0.4, 0.5) is 5.82 Å². The van der Waals surface area contributed by atoms with Crippen molar-refractivity contribution >= 4 is 17.6 Å². The molecule has 1 aromatic heterocycles. The molecule has 0 spiro atoms. The Hall–Kier alpha value is -1.17. The molecule has 5 nitrogen and oxygen atoms in total. The molecule has 1 heterocycles. The largest absolute Gasteiger partial charge is 0.385 e. The van der Waals surface area contributed by atoms with Gasteiger partial charge in [0.1, 0.15) is 5.82 Å². The molecule has 0 aliphatic heterocycles.